The van der Waals surface area contributed by atoms with Crippen LogP contribution in [-0.4, -0.2) is 60.1 Å². The van der Waals surface area contributed by atoms with Crippen molar-refractivity contribution in [3.05, 3.63) is 62.7 Å². The summed E-state index contributed by atoms with van der Waals surface area (Å²) in [6, 6.07) is 9.97. The van der Waals surface area contributed by atoms with Gasteiger partial charge in [0.15, 0.2) is 5.13 Å². The van der Waals surface area contributed by atoms with Crippen LogP contribution < -0.4 is 4.90 Å². The second kappa shape index (κ2) is 9.27. The highest BCUT2D eigenvalue weighted by molar-refractivity contribution is 7.22. The molecule has 0 atom stereocenters. The van der Waals surface area contributed by atoms with E-state index in [2.05, 4.69) is 9.88 Å². The molecule has 162 valence electrons. The summed E-state index contributed by atoms with van der Waals surface area (Å²) < 4.78 is 6.28. The fourth-order valence-corrected chi connectivity index (χ4v) is 4.82. The molecule has 1 aromatic heterocycles. The van der Waals surface area contributed by atoms with Gasteiger partial charge in [0, 0.05) is 48.4 Å². The van der Waals surface area contributed by atoms with Gasteiger partial charge in [-0.05, 0) is 31.2 Å². The number of rotatable bonds is 6. The van der Waals surface area contributed by atoms with Gasteiger partial charge in [0.25, 0.3) is 11.6 Å². The molecule has 0 spiro atoms. The predicted molar refractivity (Wildman–Crippen MR) is 121 cm³/mol. The molecule has 1 aliphatic rings. The molecule has 3 aromatic rings. The summed E-state index contributed by atoms with van der Waals surface area (Å²) in [4.78, 5) is 32.9. The third-order valence-corrected chi connectivity index (χ3v) is 6.57. The van der Waals surface area contributed by atoms with E-state index in [4.69, 9.17) is 16.3 Å². The van der Waals surface area contributed by atoms with Gasteiger partial charge in [0.2, 0.25) is 0 Å². The first-order valence-electron chi connectivity index (χ1n) is 9.86. The second-order valence-corrected chi connectivity index (χ2v) is 8.67. The fraction of sp³-hybridized carbons (Fsp3) is 0.333. The number of amides is 1. The molecule has 31 heavy (non-hydrogen) atoms. The van der Waals surface area contributed by atoms with Gasteiger partial charge in [0.1, 0.15) is 0 Å². The number of halogens is 1. The molecule has 2 heterocycles. The highest BCUT2D eigenvalue weighted by Crippen LogP contribution is 2.32. The van der Waals surface area contributed by atoms with Crippen LogP contribution in [0.25, 0.3) is 10.2 Å². The average molecular weight is 461 g/mol. The second-order valence-electron chi connectivity index (χ2n) is 7.23. The largest absolute Gasteiger partial charge is 0.379 e. The van der Waals surface area contributed by atoms with Crippen LogP contribution in [0.2, 0.25) is 5.02 Å². The maximum absolute atomic E-state index is 13.6. The Labute approximate surface area is 188 Å². The summed E-state index contributed by atoms with van der Waals surface area (Å²) in [5.74, 6) is -0.306. The van der Waals surface area contributed by atoms with E-state index in [9.17, 15) is 14.9 Å². The number of fused-ring (bicyclic) bond motifs is 1. The van der Waals surface area contributed by atoms with Gasteiger partial charge in [-0.1, -0.05) is 29.0 Å². The molecule has 1 aliphatic heterocycles. The number of morpholine rings is 1. The highest BCUT2D eigenvalue weighted by atomic mass is 35.5. The van der Waals surface area contributed by atoms with E-state index in [1.807, 2.05) is 12.1 Å². The summed E-state index contributed by atoms with van der Waals surface area (Å²) in [6.07, 6.45) is 0. The van der Waals surface area contributed by atoms with Gasteiger partial charge >= 0.3 is 0 Å². The molecule has 0 N–H and O–H groups in total. The predicted octanol–water partition coefficient (Wildman–Crippen LogP) is 4.15. The zero-order valence-electron chi connectivity index (χ0n) is 16.9. The molecular formula is C21H21ClN4O4S. The molecule has 0 saturated carbocycles. The number of hydrogen-bond donors (Lipinski definition) is 0. The lowest BCUT2D eigenvalue weighted by Crippen LogP contribution is -2.43. The number of aromatic nitrogens is 1. The number of anilines is 1. The Kier molecular flexibility index (Phi) is 6.47. The maximum atomic E-state index is 13.6. The van der Waals surface area contributed by atoms with E-state index in [1.165, 1.54) is 23.5 Å². The maximum Gasteiger partial charge on any atom is 0.273 e. The summed E-state index contributed by atoms with van der Waals surface area (Å²) in [7, 11) is 0. The normalized spacial score (nSPS) is 14.6. The molecule has 2 aromatic carbocycles. The van der Waals surface area contributed by atoms with E-state index in [0.717, 1.165) is 23.3 Å². The Morgan fingerprint density at radius 1 is 1.32 bits per heavy atom. The van der Waals surface area contributed by atoms with Crippen LogP contribution in [0.5, 0.6) is 0 Å². The number of nitro benzene ring substituents is 1. The molecule has 0 aliphatic carbocycles. The lowest BCUT2D eigenvalue weighted by molar-refractivity contribution is -0.385. The van der Waals surface area contributed by atoms with Gasteiger partial charge in [-0.2, -0.15) is 0 Å². The van der Waals surface area contributed by atoms with Crippen molar-refractivity contribution in [3.8, 4) is 0 Å². The number of hydrogen-bond acceptors (Lipinski definition) is 7. The summed E-state index contributed by atoms with van der Waals surface area (Å²) in [5.41, 5.74) is 1.32. The first-order chi connectivity index (χ1) is 14.9. The van der Waals surface area contributed by atoms with E-state index in [0.29, 0.717) is 47.6 Å². The summed E-state index contributed by atoms with van der Waals surface area (Å²) in [5, 5.41) is 12.5. The van der Waals surface area contributed by atoms with Crippen molar-refractivity contribution in [2.45, 2.75) is 6.92 Å². The first-order valence-corrected chi connectivity index (χ1v) is 11.1. The standard InChI is InChI=1S/C21H21ClN4O4S/c1-14-16(3-2-4-18(14)26(28)29)20(27)25(8-7-24-9-11-30-12-10-24)21-23-17-6-5-15(22)13-19(17)31-21/h2-6,13H,7-12H2,1H3. The number of carbonyl (C=O) groups is 1. The third kappa shape index (κ3) is 4.69. The number of benzene rings is 2. The molecule has 10 heteroatoms. The van der Waals surface area contributed by atoms with Gasteiger partial charge < -0.3 is 4.74 Å². The lowest BCUT2D eigenvalue weighted by atomic mass is 10.1. The molecule has 0 unspecified atom stereocenters. The number of nitrogens with zero attached hydrogens (tertiary/aromatic N) is 4. The van der Waals surface area contributed by atoms with Gasteiger partial charge in [-0.3, -0.25) is 24.7 Å². The Balaban J connectivity index is 1.69. The van der Waals surface area contributed by atoms with Gasteiger partial charge in [-0.15, -0.1) is 0 Å². The fourth-order valence-electron chi connectivity index (χ4n) is 3.55. The van der Waals surface area contributed by atoms with E-state index in [1.54, 1.807) is 24.0 Å². The molecule has 1 fully saturated rings. The zero-order chi connectivity index (χ0) is 22.0. The summed E-state index contributed by atoms with van der Waals surface area (Å²) in [6.45, 7) is 5.59. The van der Waals surface area contributed by atoms with Crippen molar-refractivity contribution in [3.63, 3.8) is 0 Å². The molecule has 1 amide bonds. The average Bonchev–Trinajstić information content (AvgIpc) is 3.17. The molecule has 1 saturated heterocycles. The van der Waals surface area contributed by atoms with Crippen LogP contribution in [-0.2, 0) is 4.74 Å². The van der Waals surface area contributed by atoms with Crippen LogP contribution in [0.4, 0.5) is 10.8 Å². The highest BCUT2D eigenvalue weighted by Gasteiger charge is 2.26. The lowest BCUT2D eigenvalue weighted by Gasteiger charge is -2.29. The van der Waals surface area contributed by atoms with Gasteiger partial charge in [-0.25, -0.2) is 4.98 Å². The van der Waals surface area contributed by atoms with E-state index in [-0.39, 0.29) is 11.6 Å². The first kappa shape index (κ1) is 21.6. The minimum atomic E-state index is -0.468. The molecule has 0 bridgehead atoms. The monoisotopic (exact) mass is 460 g/mol. The van der Waals surface area contributed by atoms with E-state index >= 15 is 0 Å². The van der Waals surface area contributed by atoms with Crippen LogP contribution in [0.3, 0.4) is 0 Å². The Hall–Kier alpha value is -2.59. The number of thiazole rings is 1. The molecule has 8 nitrogen and oxygen atoms in total. The van der Waals surface area contributed by atoms with Crippen LogP contribution in [0, 0.1) is 17.0 Å². The molecular weight excluding hydrogens is 440 g/mol. The van der Waals surface area contributed by atoms with Crippen LogP contribution in [0.1, 0.15) is 15.9 Å². The SMILES string of the molecule is Cc1c(C(=O)N(CCN2CCOCC2)c2nc3ccc(Cl)cc3s2)cccc1[N+](=O)[O-]. The Morgan fingerprint density at radius 2 is 2.10 bits per heavy atom. The smallest absolute Gasteiger partial charge is 0.273 e. The van der Waals surface area contributed by atoms with Crippen molar-refractivity contribution in [2.75, 3.05) is 44.3 Å². The Bertz CT molecular complexity index is 1130. The molecule has 4 rings (SSSR count). The quantitative estimate of drug-likeness (QED) is 0.405. The van der Waals surface area contributed by atoms with Crippen molar-refractivity contribution < 1.29 is 14.5 Å². The number of ether oxygens (including phenoxy) is 1. The zero-order valence-corrected chi connectivity index (χ0v) is 18.5. The third-order valence-electron chi connectivity index (χ3n) is 5.29. The van der Waals surface area contributed by atoms with Gasteiger partial charge in [0.05, 0.1) is 28.4 Å². The van der Waals surface area contributed by atoms with Crippen molar-refractivity contribution in [2.24, 2.45) is 0 Å². The minimum absolute atomic E-state index is 0.0740. The van der Waals surface area contributed by atoms with Crippen molar-refractivity contribution in [1.29, 1.82) is 0 Å². The minimum Gasteiger partial charge on any atom is -0.379 e. The van der Waals surface area contributed by atoms with Crippen LogP contribution >= 0.6 is 22.9 Å². The topological polar surface area (TPSA) is 88.8 Å². The van der Waals surface area contributed by atoms with Crippen molar-refractivity contribution in [1.82, 2.24) is 9.88 Å². The number of carbonyl (C=O) groups excluding carboxylic acids is 1. The number of nitro groups is 1. The Morgan fingerprint density at radius 3 is 2.84 bits per heavy atom. The van der Waals surface area contributed by atoms with Crippen molar-refractivity contribution >= 4 is 49.9 Å². The van der Waals surface area contributed by atoms with Crippen LogP contribution in [0.15, 0.2) is 36.4 Å². The summed E-state index contributed by atoms with van der Waals surface area (Å²) >= 11 is 7.49. The molecule has 0 radical (unpaired) electrons. The van der Waals surface area contributed by atoms with E-state index < -0.39 is 4.92 Å².